The number of aromatic nitrogens is 1. The van der Waals surface area contributed by atoms with E-state index in [9.17, 15) is 13.2 Å². The Kier molecular flexibility index (Phi) is 5.99. The van der Waals surface area contributed by atoms with Crippen LogP contribution in [0, 0.1) is 0 Å². The van der Waals surface area contributed by atoms with Gasteiger partial charge >= 0.3 is 0 Å². The highest BCUT2D eigenvalue weighted by molar-refractivity contribution is 7.89. The van der Waals surface area contributed by atoms with Gasteiger partial charge in [0.15, 0.2) is 0 Å². The van der Waals surface area contributed by atoms with E-state index in [2.05, 4.69) is 22.2 Å². The van der Waals surface area contributed by atoms with Gasteiger partial charge in [0.2, 0.25) is 15.9 Å². The third-order valence-corrected chi connectivity index (χ3v) is 8.74. The molecule has 178 valence electrons. The van der Waals surface area contributed by atoms with Crippen molar-refractivity contribution in [1.29, 1.82) is 0 Å². The third-order valence-electron chi connectivity index (χ3n) is 6.43. The van der Waals surface area contributed by atoms with Crippen molar-refractivity contribution in [3.8, 4) is 0 Å². The van der Waals surface area contributed by atoms with Gasteiger partial charge in [0.25, 0.3) is 0 Å². The van der Waals surface area contributed by atoms with E-state index < -0.39 is 21.1 Å². The fourth-order valence-electron chi connectivity index (χ4n) is 4.96. The second kappa shape index (κ2) is 8.52. The SMILES string of the molecule is C=CC(=O)NC1CC(C)(C)N(S(=O)(=O)c2ccc(Nc3cc4ccccc4cn3)cc2)C1(C)C. The first-order chi connectivity index (χ1) is 15.9. The van der Waals surface area contributed by atoms with Crippen LogP contribution in [0.25, 0.3) is 10.8 Å². The van der Waals surface area contributed by atoms with Gasteiger partial charge in [0, 0.05) is 28.9 Å². The molecule has 34 heavy (non-hydrogen) atoms. The molecule has 0 spiro atoms. The maximum Gasteiger partial charge on any atom is 0.244 e. The van der Waals surface area contributed by atoms with Crippen LogP contribution in [0.4, 0.5) is 11.5 Å². The van der Waals surface area contributed by atoms with Crippen LogP contribution in [0.1, 0.15) is 34.1 Å². The Bertz CT molecular complexity index is 1350. The lowest BCUT2D eigenvalue weighted by Gasteiger charge is -2.40. The van der Waals surface area contributed by atoms with Crippen LogP contribution < -0.4 is 10.6 Å². The molecule has 2 aromatic carbocycles. The largest absolute Gasteiger partial charge is 0.348 e. The molecule has 1 aliphatic heterocycles. The third kappa shape index (κ3) is 4.31. The van der Waals surface area contributed by atoms with Crippen LogP contribution in [0.3, 0.4) is 0 Å². The molecule has 4 rings (SSSR count). The number of rotatable bonds is 6. The van der Waals surface area contributed by atoms with Crippen molar-refractivity contribution in [2.75, 3.05) is 5.32 Å². The predicted octanol–water partition coefficient (Wildman–Crippen LogP) is 4.60. The molecule has 1 aromatic heterocycles. The number of nitrogens with one attached hydrogen (secondary N) is 2. The Labute approximate surface area is 200 Å². The molecule has 1 unspecified atom stereocenters. The van der Waals surface area contributed by atoms with E-state index >= 15 is 0 Å². The molecule has 2 heterocycles. The standard InChI is InChI=1S/C26H30N4O3S/c1-6-24(31)29-22-16-25(2,3)30(26(22,4)5)34(32,33)21-13-11-20(12-14-21)28-23-15-18-9-7-8-10-19(18)17-27-23/h6-15,17,22H,1,16H2,2-5H3,(H,27,28)(H,29,31). The summed E-state index contributed by atoms with van der Waals surface area (Å²) < 4.78 is 29.0. The van der Waals surface area contributed by atoms with Crippen LogP contribution in [0.15, 0.2) is 78.3 Å². The Hall–Kier alpha value is -3.23. The average molecular weight is 479 g/mol. The van der Waals surface area contributed by atoms with Crippen molar-refractivity contribution in [2.24, 2.45) is 0 Å². The number of pyridine rings is 1. The Morgan fingerprint density at radius 3 is 2.38 bits per heavy atom. The van der Waals surface area contributed by atoms with Crippen LogP contribution in [0.5, 0.6) is 0 Å². The number of benzene rings is 2. The highest BCUT2D eigenvalue weighted by atomic mass is 32.2. The van der Waals surface area contributed by atoms with Crippen molar-refractivity contribution in [3.63, 3.8) is 0 Å². The number of sulfonamides is 1. The van der Waals surface area contributed by atoms with Crippen molar-refractivity contribution in [2.45, 2.75) is 56.1 Å². The van der Waals surface area contributed by atoms with Crippen LogP contribution in [-0.4, -0.2) is 40.7 Å². The fraction of sp³-hybridized carbons (Fsp3) is 0.308. The molecule has 7 nitrogen and oxygen atoms in total. The van der Waals surface area contributed by atoms with E-state index in [1.807, 2.05) is 58.0 Å². The molecule has 2 N–H and O–H groups in total. The topological polar surface area (TPSA) is 91.4 Å². The van der Waals surface area contributed by atoms with Crippen molar-refractivity contribution >= 4 is 38.2 Å². The van der Waals surface area contributed by atoms with Gasteiger partial charge < -0.3 is 10.6 Å². The number of carbonyl (C=O) groups is 1. The number of carbonyl (C=O) groups excluding carboxylic acids is 1. The molecule has 0 bridgehead atoms. The zero-order chi connectivity index (χ0) is 24.7. The second-order valence-corrected chi connectivity index (χ2v) is 11.6. The van der Waals surface area contributed by atoms with E-state index in [0.717, 1.165) is 16.5 Å². The molecular weight excluding hydrogens is 448 g/mol. The first-order valence-corrected chi connectivity index (χ1v) is 12.6. The van der Waals surface area contributed by atoms with Gasteiger partial charge in [-0.05, 0) is 75.9 Å². The van der Waals surface area contributed by atoms with Gasteiger partial charge in [-0.2, -0.15) is 4.31 Å². The van der Waals surface area contributed by atoms with Gasteiger partial charge in [-0.3, -0.25) is 4.79 Å². The second-order valence-electron chi connectivity index (χ2n) is 9.77. The van der Waals surface area contributed by atoms with E-state index in [1.54, 1.807) is 30.5 Å². The number of nitrogens with zero attached hydrogens (tertiary/aromatic N) is 2. The summed E-state index contributed by atoms with van der Waals surface area (Å²) in [5.41, 5.74) is -0.779. The summed E-state index contributed by atoms with van der Waals surface area (Å²) >= 11 is 0. The first-order valence-electron chi connectivity index (χ1n) is 11.2. The van der Waals surface area contributed by atoms with E-state index in [4.69, 9.17) is 0 Å². The van der Waals surface area contributed by atoms with E-state index in [0.29, 0.717) is 12.2 Å². The van der Waals surface area contributed by atoms with Gasteiger partial charge in [-0.1, -0.05) is 30.8 Å². The normalized spacial score (nSPS) is 19.6. The molecule has 1 atom stereocenters. The van der Waals surface area contributed by atoms with Crippen molar-refractivity contribution < 1.29 is 13.2 Å². The van der Waals surface area contributed by atoms with Crippen LogP contribution in [-0.2, 0) is 14.8 Å². The summed E-state index contributed by atoms with van der Waals surface area (Å²) in [6.07, 6.45) is 3.50. The van der Waals surface area contributed by atoms with E-state index in [1.165, 1.54) is 10.4 Å². The maximum atomic E-state index is 13.7. The summed E-state index contributed by atoms with van der Waals surface area (Å²) in [6, 6.07) is 16.2. The highest BCUT2D eigenvalue weighted by Crippen LogP contribution is 2.44. The zero-order valence-corrected chi connectivity index (χ0v) is 20.7. The molecule has 0 saturated carbocycles. The quantitative estimate of drug-likeness (QED) is 0.505. The first kappa shape index (κ1) is 23.9. The monoisotopic (exact) mass is 478 g/mol. The van der Waals surface area contributed by atoms with Gasteiger partial charge in [-0.25, -0.2) is 13.4 Å². The molecule has 1 fully saturated rings. The molecular formula is C26H30N4O3S. The number of anilines is 2. The minimum atomic E-state index is -3.84. The molecule has 8 heteroatoms. The zero-order valence-electron chi connectivity index (χ0n) is 19.9. The van der Waals surface area contributed by atoms with Crippen LogP contribution in [0.2, 0.25) is 0 Å². The molecule has 1 aliphatic rings. The minimum Gasteiger partial charge on any atom is -0.348 e. The number of hydrogen-bond acceptors (Lipinski definition) is 5. The maximum absolute atomic E-state index is 13.7. The summed E-state index contributed by atoms with van der Waals surface area (Å²) in [5.74, 6) is 0.364. The average Bonchev–Trinajstić information content (AvgIpc) is 2.97. The number of hydrogen-bond donors (Lipinski definition) is 2. The lowest BCUT2D eigenvalue weighted by molar-refractivity contribution is -0.117. The van der Waals surface area contributed by atoms with E-state index in [-0.39, 0.29) is 16.8 Å². The summed E-state index contributed by atoms with van der Waals surface area (Å²) in [5, 5.41) is 8.25. The summed E-state index contributed by atoms with van der Waals surface area (Å²) in [6.45, 7) is 10.9. The van der Waals surface area contributed by atoms with Gasteiger partial charge in [0.1, 0.15) is 5.82 Å². The van der Waals surface area contributed by atoms with Gasteiger partial charge in [-0.15, -0.1) is 0 Å². The molecule has 1 amide bonds. The predicted molar refractivity (Wildman–Crippen MR) is 135 cm³/mol. The van der Waals surface area contributed by atoms with Crippen molar-refractivity contribution in [3.05, 3.63) is 73.4 Å². The smallest absolute Gasteiger partial charge is 0.244 e. The highest BCUT2D eigenvalue weighted by Gasteiger charge is 2.57. The molecule has 1 saturated heterocycles. The molecule has 3 aromatic rings. The fourth-order valence-corrected chi connectivity index (χ4v) is 7.13. The Morgan fingerprint density at radius 1 is 1.09 bits per heavy atom. The Morgan fingerprint density at radius 2 is 1.74 bits per heavy atom. The molecule has 0 aliphatic carbocycles. The van der Waals surface area contributed by atoms with Crippen molar-refractivity contribution in [1.82, 2.24) is 14.6 Å². The summed E-state index contributed by atoms with van der Waals surface area (Å²) in [4.78, 5) is 16.6. The number of amides is 1. The summed E-state index contributed by atoms with van der Waals surface area (Å²) in [7, 11) is -3.84. The minimum absolute atomic E-state index is 0.196. The number of fused-ring (bicyclic) bond motifs is 1. The lowest BCUT2D eigenvalue weighted by atomic mass is 9.94. The lowest BCUT2D eigenvalue weighted by Crippen LogP contribution is -2.56. The van der Waals surface area contributed by atoms with Gasteiger partial charge in [0.05, 0.1) is 10.4 Å². The molecule has 0 radical (unpaired) electrons. The van der Waals surface area contributed by atoms with Crippen LogP contribution >= 0.6 is 0 Å². The Balaban J connectivity index is 1.59.